The fourth-order valence-electron chi connectivity index (χ4n) is 2.16. The number of unbranched alkanes of at least 4 members (excludes halogenated alkanes) is 3. The molecule has 1 amide bonds. The molecule has 1 atom stereocenters. The van der Waals surface area contributed by atoms with Gasteiger partial charge in [0.2, 0.25) is 5.91 Å². The maximum atomic E-state index is 11.8. The summed E-state index contributed by atoms with van der Waals surface area (Å²) in [5.41, 5.74) is 6.62. The minimum Gasteiger partial charge on any atom is -0.353 e. The second-order valence-electron chi connectivity index (χ2n) is 5.25. The summed E-state index contributed by atoms with van der Waals surface area (Å²) in [7, 11) is 0. The topological polar surface area (TPSA) is 55.1 Å². The predicted molar refractivity (Wildman–Crippen MR) is 84.9 cm³/mol. The number of nitrogens with two attached hydrogens (primary N) is 1. The standard InChI is InChI=1S/C16H25ClN2O/c1-13(12-14-7-9-15(17)10-8-14)19-16(20)6-4-2-3-5-11-18/h7-10,13H,2-6,11-12,18H2,1H3,(H,19,20). The highest BCUT2D eigenvalue weighted by Gasteiger charge is 2.07. The molecule has 1 aromatic rings. The molecule has 0 fully saturated rings. The monoisotopic (exact) mass is 296 g/mol. The third-order valence-electron chi connectivity index (χ3n) is 3.22. The summed E-state index contributed by atoms with van der Waals surface area (Å²) in [5.74, 6) is 0.138. The summed E-state index contributed by atoms with van der Waals surface area (Å²) in [6.07, 6.45) is 5.62. The fourth-order valence-corrected chi connectivity index (χ4v) is 2.28. The van der Waals surface area contributed by atoms with E-state index in [1.165, 1.54) is 5.56 Å². The molecule has 0 aliphatic carbocycles. The molecule has 0 saturated carbocycles. The maximum absolute atomic E-state index is 11.8. The van der Waals surface area contributed by atoms with E-state index >= 15 is 0 Å². The zero-order valence-corrected chi connectivity index (χ0v) is 13.0. The van der Waals surface area contributed by atoms with E-state index in [1.807, 2.05) is 31.2 Å². The molecule has 20 heavy (non-hydrogen) atoms. The first-order chi connectivity index (χ1) is 9.61. The molecule has 3 N–H and O–H groups in total. The van der Waals surface area contributed by atoms with Crippen LogP contribution in [0.4, 0.5) is 0 Å². The number of halogens is 1. The molecule has 4 heteroatoms. The van der Waals surface area contributed by atoms with E-state index in [4.69, 9.17) is 17.3 Å². The maximum Gasteiger partial charge on any atom is 0.220 e. The number of hydrogen-bond donors (Lipinski definition) is 2. The predicted octanol–water partition coefficient (Wildman–Crippen LogP) is 3.30. The lowest BCUT2D eigenvalue weighted by Gasteiger charge is -2.14. The van der Waals surface area contributed by atoms with Gasteiger partial charge in [-0.15, -0.1) is 0 Å². The van der Waals surface area contributed by atoms with Gasteiger partial charge in [-0.2, -0.15) is 0 Å². The molecule has 1 rings (SSSR count). The smallest absolute Gasteiger partial charge is 0.220 e. The van der Waals surface area contributed by atoms with Crippen LogP contribution >= 0.6 is 11.6 Å². The van der Waals surface area contributed by atoms with Gasteiger partial charge >= 0.3 is 0 Å². The van der Waals surface area contributed by atoms with E-state index in [2.05, 4.69) is 5.32 Å². The van der Waals surface area contributed by atoms with Gasteiger partial charge in [0.1, 0.15) is 0 Å². The van der Waals surface area contributed by atoms with E-state index < -0.39 is 0 Å². The molecule has 3 nitrogen and oxygen atoms in total. The van der Waals surface area contributed by atoms with Crippen molar-refractivity contribution >= 4 is 17.5 Å². The Morgan fingerprint density at radius 3 is 2.50 bits per heavy atom. The average Bonchev–Trinajstić information content (AvgIpc) is 2.41. The number of amides is 1. The van der Waals surface area contributed by atoms with Crippen molar-refractivity contribution in [3.8, 4) is 0 Å². The van der Waals surface area contributed by atoms with E-state index in [0.29, 0.717) is 6.42 Å². The number of hydrogen-bond acceptors (Lipinski definition) is 2. The van der Waals surface area contributed by atoms with Crippen molar-refractivity contribution in [3.05, 3.63) is 34.9 Å². The lowest BCUT2D eigenvalue weighted by atomic mass is 10.1. The van der Waals surface area contributed by atoms with Crippen molar-refractivity contribution in [2.45, 2.75) is 51.5 Å². The van der Waals surface area contributed by atoms with Crippen molar-refractivity contribution < 1.29 is 4.79 Å². The number of carbonyl (C=O) groups is 1. The molecule has 1 unspecified atom stereocenters. The highest BCUT2D eigenvalue weighted by atomic mass is 35.5. The number of rotatable bonds is 9. The summed E-state index contributed by atoms with van der Waals surface area (Å²) in [5, 5.41) is 3.78. The molecule has 0 aliphatic heterocycles. The van der Waals surface area contributed by atoms with Gasteiger partial charge in [-0.3, -0.25) is 4.79 Å². The summed E-state index contributed by atoms with van der Waals surface area (Å²) in [6.45, 7) is 2.77. The van der Waals surface area contributed by atoms with Gasteiger partial charge in [-0.05, 0) is 50.4 Å². The summed E-state index contributed by atoms with van der Waals surface area (Å²) >= 11 is 5.85. The Kier molecular flexibility index (Phi) is 8.31. The Hall–Kier alpha value is -1.06. The largest absolute Gasteiger partial charge is 0.353 e. The van der Waals surface area contributed by atoms with Crippen LogP contribution in [0.2, 0.25) is 5.02 Å². The molecule has 0 radical (unpaired) electrons. The van der Waals surface area contributed by atoms with Gasteiger partial charge in [-0.25, -0.2) is 0 Å². The third-order valence-corrected chi connectivity index (χ3v) is 3.47. The molecule has 112 valence electrons. The van der Waals surface area contributed by atoms with E-state index in [1.54, 1.807) is 0 Å². The Morgan fingerprint density at radius 2 is 1.85 bits per heavy atom. The van der Waals surface area contributed by atoms with Crippen LogP contribution in [0.5, 0.6) is 0 Å². The van der Waals surface area contributed by atoms with E-state index in [0.717, 1.165) is 43.7 Å². The summed E-state index contributed by atoms with van der Waals surface area (Å²) in [4.78, 5) is 11.8. The minimum absolute atomic E-state index is 0.138. The fraction of sp³-hybridized carbons (Fsp3) is 0.562. The summed E-state index contributed by atoms with van der Waals surface area (Å²) in [6, 6.07) is 7.90. The third kappa shape index (κ3) is 7.51. The van der Waals surface area contributed by atoms with Crippen molar-refractivity contribution in [3.63, 3.8) is 0 Å². The van der Waals surface area contributed by atoms with E-state index in [-0.39, 0.29) is 11.9 Å². The SMILES string of the molecule is CC(Cc1ccc(Cl)cc1)NC(=O)CCCCCCN. The summed E-state index contributed by atoms with van der Waals surface area (Å²) < 4.78 is 0. The quantitative estimate of drug-likeness (QED) is 0.687. The molecule has 0 aromatic heterocycles. The van der Waals surface area contributed by atoms with Crippen LogP contribution in [0.1, 0.15) is 44.6 Å². The molecule has 0 spiro atoms. The highest BCUT2D eigenvalue weighted by molar-refractivity contribution is 6.30. The Balaban J connectivity index is 2.19. The molecule has 0 heterocycles. The van der Waals surface area contributed by atoms with Crippen LogP contribution in [-0.4, -0.2) is 18.5 Å². The second kappa shape index (κ2) is 9.78. The van der Waals surface area contributed by atoms with Gasteiger partial charge in [-0.1, -0.05) is 36.6 Å². The minimum atomic E-state index is 0.138. The zero-order chi connectivity index (χ0) is 14.8. The van der Waals surface area contributed by atoms with Crippen LogP contribution in [0.3, 0.4) is 0 Å². The van der Waals surface area contributed by atoms with Crippen molar-refractivity contribution in [1.29, 1.82) is 0 Å². The Labute approximate surface area is 126 Å². The van der Waals surface area contributed by atoms with Gasteiger partial charge in [0.15, 0.2) is 0 Å². The Bertz CT molecular complexity index is 392. The van der Waals surface area contributed by atoms with Crippen LogP contribution in [0.25, 0.3) is 0 Å². The first-order valence-electron chi connectivity index (χ1n) is 7.35. The van der Waals surface area contributed by atoms with Crippen LogP contribution < -0.4 is 11.1 Å². The van der Waals surface area contributed by atoms with Crippen molar-refractivity contribution in [2.24, 2.45) is 5.73 Å². The first kappa shape index (κ1) is 17.0. The second-order valence-corrected chi connectivity index (χ2v) is 5.69. The lowest BCUT2D eigenvalue weighted by molar-refractivity contribution is -0.121. The van der Waals surface area contributed by atoms with Crippen molar-refractivity contribution in [2.75, 3.05) is 6.54 Å². The number of nitrogens with one attached hydrogen (secondary N) is 1. The van der Waals surface area contributed by atoms with Crippen molar-refractivity contribution in [1.82, 2.24) is 5.32 Å². The molecule has 0 bridgehead atoms. The normalized spacial score (nSPS) is 12.2. The number of carbonyl (C=O) groups excluding carboxylic acids is 1. The lowest BCUT2D eigenvalue weighted by Crippen LogP contribution is -2.33. The van der Waals surface area contributed by atoms with Gasteiger partial charge in [0.25, 0.3) is 0 Å². The zero-order valence-electron chi connectivity index (χ0n) is 12.2. The average molecular weight is 297 g/mol. The molecule has 0 aliphatic rings. The number of benzene rings is 1. The molecule has 0 saturated heterocycles. The van der Waals surface area contributed by atoms with Gasteiger partial charge in [0, 0.05) is 17.5 Å². The highest BCUT2D eigenvalue weighted by Crippen LogP contribution is 2.11. The first-order valence-corrected chi connectivity index (χ1v) is 7.73. The molecular formula is C16H25ClN2O. The van der Waals surface area contributed by atoms with Crippen LogP contribution in [0.15, 0.2) is 24.3 Å². The Morgan fingerprint density at radius 1 is 1.20 bits per heavy atom. The van der Waals surface area contributed by atoms with Gasteiger partial charge < -0.3 is 11.1 Å². The molecule has 1 aromatic carbocycles. The van der Waals surface area contributed by atoms with E-state index in [9.17, 15) is 4.79 Å². The molecular weight excluding hydrogens is 272 g/mol. The van der Waals surface area contributed by atoms with Crippen LogP contribution in [-0.2, 0) is 11.2 Å². The van der Waals surface area contributed by atoms with Crippen LogP contribution in [0, 0.1) is 0 Å². The van der Waals surface area contributed by atoms with Gasteiger partial charge in [0.05, 0.1) is 0 Å².